The molecule has 0 bridgehead atoms. The van der Waals surface area contributed by atoms with Gasteiger partial charge >= 0.3 is 0 Å². The van der Waals surface area contributed by atoms with Gasteiger partial charge in [-0.2, -0.15) is 0 Å². The molecule has 0 aromatic heterocycles. The summed E-state index contributed by atoms with van der Waals surface area (Å²) in [7, 11) is 0. The van der Waals surface area contributed by atoms with Crippen molar-refractivity contribution >= 4 is 17.5 Å². The number of hydrogen-bond acceptors (Lipinski definition) is 5. The fourth-order valence-corrected chi connectivity index (χ4v) is 2.23. The normalized spacial score (nSPS) is 11.7. The van der Waals surface area contributed by atoms with E-state index in [9.17, 15) is 14.7 Å². The first-order valence-corrected chi connectivity index (χ1v) is 8.31. The Kier molecular flexibility index (Phi) is 7.18. The van der Waals surface area contributed by atoms with Crippen LogP contribution in [0.3, 0.4) is 0 Å². The van der Waals surface area contributed by atoms with Crippen LogP contribution in [-0.2, 0) is 4.79 Å². The molecule has 0 radical (unpaired) electrons. The second kappa shape index (κ2) is 9.79. The van der Waals surface area contributed by atoms with Gasteiger partial charge in [-0.05, 0) is 61.2 Å². The highest BCUT2D eigenvalue weighted by atomic mass is 16.5. The fourth-order valence-electron chi connectivity index (χ4n) is 2.23. The lowest BCUT2D eigenvalue weighted by Gasteiger charge is -2.19. The predicted octanol–water partition coefficient (Wildman–Crippen LogP) is 0.657. The first-order valence-electron chi connectivity index (χ1n) is 8.31. The molecular formula is C21H19N3O4. The molecule has 0 aliphatic carbocycles. The summed E-state index contributed by atoms with van der Waals surface area (Å²) in [5, 5.41) is 20.6. The summed E-state index contributed by atoms with van der Waals surface area (Å²) < 4.78 is 0. The Hall–Kier alpha value is -3.78. The van der Waals surface area contributed by atoms with Crippen molar-refractivity contribution in [3.8, 4) is 23.7 Å². The average molecular weight is 377 g/mol. The molecule has 6 N–H and O–H groups in total. The lowest BCUT2D eigenvalue weighted by atomic mass is 10.1. The minimum Gasteiger partial charge on any atom is -0.399 e. The van der Waals surface area contributed by atoms with Crippen molar-refractivity contribution in [2.75, 3.05) is 5.73 Å². The fraction of sp³-hybridized carbons (Fsp3) is 0.143. The molecule has 0 heterocycles. The summed E-state index contributed by atoms with van der Waals surface area (Å²) >= 11 is 0. The topological polar surface area (TPSA) is 125 Å². The number of anilines is 1. The Morgan fingerprint density at radius 3 is 2.25 bits per heavy atom. The van der Waals surface area contributed by atoms with Crippen LogP contribution >= 0.6 is 0 Å². The largest absolute Gasteiger partial charge is 0.399 e. The van der Waals surface area contributed by atoms with E-state index in [1.807, 2.05) is 12.1 Å². The first kappa shape index (κ1) is 20.5. The third-order valence-corrected chi connectivity index (χ3v) is 3.67. The van der Waals surface area contributed by atoms with Gasteiger partial charge in [0.1, 0.15) is 6.04 Å². The van der Waals surface area contributed by atoms with E-state index in [0.29, 0.717) is 11.3 Å². The smallest absolute Gasteiger partial charge is 0.268 e. The summed E-state index contributed by atoms with van der Waals surface area (Å²) in [6, 6.07) is 12.2. The summed E-state index contributed by atoms with van der Waals surface area (Å²) in [6.45, 7) is 1.32. The first-order chi connectivity index (χ1) is 13.4. The van der Waals surface area contributed by atoms with Crippen LogP contribution in [0.4, 0.5) is 5.69 Å². The SMILES string of the molecule is C[C@@H](O)[C@H](NC(=O)c1ccc(C#CC#Cc2cccc(N)c2)cc1)C(=O)NO. The molecular weight excluding hydrogens is 358 g/mol. The Morgan fingerprint density at radius 1 is 1.04 bits per heavy atom. The quantitative estimate of drug-likeness (QED) is 0.232. The van der Waals surface area contributed by atoms with E-state index in [1.54, 1.807) is 24.3 Å². The Labute approximate surface area is 162 Å². The second-order valence-corrected chi connectivity index (χ2v) is 5.87. The molecule has 0 fully saturated rings. The zero-order valence-corrected chi connectivity index (χ0v) is 15.1. The highest BCUT2D eigenvalue weighted by Gasteiger charge is 2.25. The Morgan fingerprint density at radius 2 is 1.68 bits per heavy atom. The zero-order valence-electron chi connectivity index (χ0n) is 15.1. The van der Waals surface area contributed by atoms with Gasteiger partial charge in [0.2, 0.25) is 0 Å². The van der Waals surface area contributed by atoms with Gasteiger partial charge in [-0.25, -0.2) is 5.48 Å². The zero-order chi connectivity index (χ0) is 20.5. The molecule has 2 atom stereocenters. The van der Waals surface area contributed by atoms with Gasteiger partial charge in [0.25, 0.3) is 11.8 Å². The maximum Gasteiger partial charge on any atom is 0.268 e. The van der Waals surface area contributed by atoms with Crippen molar-refractivity contribution in [2.45, 2.75) is 19.1 Å². The Balaban J connectivity index is 2.04. The van der Waals surface area contributed by atoms with Gasteiger partial charge in [-0.3, -0.25) is 14.8 Å². The highest BCUT2D eigenvalue weighted by Crippen LogP contribution is 2.06. The lowest BCUT2D eigenvalue weighted by Crippen LogP contribution is -2.51. The van der Waals surface area contributed by atoms with Crippen LogP contribution in [0.25, 0.3) is 0 Å². The molecule has 0 spiro atoms. The van der Waals surface area contributed by atoms with Gasteiger partial charge in [-0.15, -0.1) is 0 Å². The summed E-state index contributed by atoms with van der Waals surface area (Å²) in [6.07, 6.45) is -1.18. The number of benzene rings is 2. The second-order valence-electron chi connectivity index (χ2n) is 5.87. The molecule has 7 nitrogen and oxygen atoms in total. The number of carbonyl (C=O) groups is 2. The van der Waals surface area contributed by atoms with E-state index in [-0.39, 0.29) is 5.56 Å². The number of hydrogen-bond donors (Lipinski definition) is 5. The number of nitrogens with two attached hydrogens (primary N) is 1. The molecule has 0 unspecified atom stereocenters. The van der Waals surface area contributed by atoms with Gasteiger partial charge in [-0.1, -0.05) is 17.9 Å². The number of amides is 2. The van der Waals surface area contributed by atoms with Gasteiger partial charge < -0.3 is 16.2 Å². The number of aliphatic hydroxyl groups excluding tert-OH is 1. The third kappa shape index (κ3) is 5.89. The molecule has 0 saturated heterocycles. The maximum absolute atomic E-state index is 12.2. The number of hydroxylamine groups is 1. The minimum absolute atomic E-state index is 0.271. The number of carbonyl (C=O) groups excluding carboxylic acids is 2. The summed E-state index contributed by atoms with van der Waals surface area (Å²) in [4.78, 5) is 23.7. The van der Waals surface area contributed by atoms with E-state index >= 15 is 0 Å². The van der Waals surface area contributed by atoms with E-state index in [0.717, 1.165) is 5.56 Å². The molecule has 0 aliphatic rings. The number of nitrogens with one attached hydrogen (secondary N) is 2. The van der Waals surface area contributed by atoms with Crippen molar-refractivity contribution in [1.29, 1.82) is 0 Å². The molecule has 2 rings (SSSR count). The third-order valence-electron chi connectivity index (χ3n) is 3.67. The van der Waals surface area contributed by atoms with Gasteiger partial charge in [0.15, 0.2) is 0 Å². The molecule has 2 amide bonds. The van der Waals surface area contributed by atoms with Crippen molar-refractivity contribution in [1.82, 2.24) is 10.8 Å². The summed E-state index contributed by atoms with van der Waals surface area (Å²) in [5.41, 5.74) is 9.40. The number of rotatable bonds is 4. The summed E-state index contributed by atoms with van der Waals surface area (Å²) in [5.74, 6) is 9.71. The molecule has 142 valence electrons. The molecule has 2 aromatic rings. The van der Waals surface area contributed by atoms with Crippen molar-refractivity contribution in [3.05, 3.63) is 65.2 Å². The van der Waals surface area contributed by atoms with Gasteiger partial charge in [0, 0.05) is 22.4 Å². The molecule has 7 heteroatoms. The van der Waals surface area contributed by atoms with Crippen LogP contribution in [0.1, 0.15) is 28.4 Å². The van der Waals surface area contributed by atoms with Gasteiger partial charge in [0.05, 0.1) is 6.10 Å². The van der Waals surface area contributed by atoms with Crippen LogP contribution in [0.5, 0.6) is 0 Å². The van der Waals surface area contributed by atoms with E-state index in [2.05, 4.69) is 29.0 Å². The monoisotopic (exact) mass is 377 g/mol. The van der Waals surface area contributed by atoms with Crippen LogP contribution in [0.15, 0.2) is 48.5 Å². The van der Waals surface area contributed by atoms with Crippen LogP contribution in [0.2, 0.25) is 0 Å². The van der Waals surface area contributed by atoms with Crippen LogP contribution in [0, 0.1) is 23.7 Å². The average Bonchev–Trinajstić information content (AvgIpc) is 2.69. The molecule has 2 aromatic carbocycles. The minimum atomic E-state index is -1.28. The molecule has 0 saturated carbocycles. The lowest BCUT2D eigenvalue weighted by molar-refractivity contribution is -0.133. The highest BCUT2D eigenvalue weighted by molar-refractivity contribution is 5.97. The van der Waals surface area contributed by atoms with E-state index in [4.69, 9.17) is 10.9 Å². The van der Waals surface area contributed by atoms with E-state index < -0.39 is 24.0 Å². The number of nitrogen functional groups attached to an aromatic ring is 1. The maximum atomic E-state index is 12.2. The van der Waals surface area contributed by atoms with Crippen molar-refractivity contribution in [2.24, 2.45) is 0 Å². The standard InChI is InChI=1S/C21H19N3O4/c1-14(25)19(21(27)24-28)23-20(26)17-11-9-15(10-12-17)5-2-3-6-16-7-4-8-18(22)13-16/h4,7-14,19,25,28H,22H2,1H3,(H,23,26)(H,24,27)/t14-,19+/m1/s1. The number of aliphatic hydroxyl groups is 1. The van der Waals surface area contributed by atoms with Crippen molar-refractivity contribution < 1.29 is 19.9 Å². The van der Waals surface area contributed by atoms with Crippen LogP contribution in [-0.4, -0.2) is 34.3 Å². The van der Waals surface area contributed by atoms with Crippen molar-refractivity contribution in [3.63, 3.8) is 0 Å². The molecule has 0 aliphatic heterocycles. The van der Waals surface area contributed by atoms with E-state index in [1.165, 1.54) is 24.5 Å². The van der Waals surface area contributed by atoms with Crippen LogP contribution < -0.4 is 16.5 Å². The molecule has 28 heavy (non-hydrogen) atoms. The predicted molar refractivity (Wildman–Crippen MR) is 104 cm³/mol. The Bertz CT molecular complexity index is 976.